The van der Waals surface area contributed by atoms with Crippen LogP contribution in [0.1, 0.15) is 56.9 Å². The highest BCUT2D eigenvalue weighted by Gasteiger charge is 2.36. The molecule has 5 unspecified atom stereocenters. The van der Waals surface area contributed by atoms with Crippen LogP contribution < -0.4 is 5.32 Å². The van der Waals surface area contributed by atoms with Crippen molar-refractivity contribution in [2.45, 2.75) is 69.6 Å². The minimum Gasteiger partial charge on any atom is -0.393 e. The van der Waals surface area contributed by atoms with Crippen LogP contribution in [-0.4, -0.2) is 23.3 Å². The van der Waals surface area contributed by atoms with Gasteiger partial charge in [0.05, 0.1) is 6.10 Å². The second kappa shape index (κ2) is 6.28. The van der Waals surface area contributed by atoms with Crippen LogP contribution in [0, 0.1) is 5.92 Å². The van der Waals surface area contributed by atoms with Crippen LogP contribution >= 0.6 is 0 Å². The van der Waals surface area contributed by atoms with Crippen molar-refractivity contribution < 1.29 is 5.11 Å². The first kappa shape index (κ1) is 14.1. The number of piperidine rings is 1. The highest BCUT2D eigenvalue weighted by Crippen LogP contribution is 2.39. The van der Waals surface area contributed by atoms with Gasteiger partial charge < -0.3 is 10.4 Å². The van der Waals surface area contributed by atoms with E-state index >= 15 is 0 Å². The second-order valence-electron chi connectivity index (χ2n) is 6.76. The molecule has 0 bridgehead atoms. The van der Waals surface area contributed by atoms with E-state index in [1.165, 1.54) is 24.8 Å². The smallest absolute Gasteiger partial charge is 0.0583 e. The molecule has 1 saturated carbocycles. The topological polar surface area (TPSA) is 32.3 Å². The van der Waals surface area contributed by atoms with Gasteiger partial charge in [-0.2, -0.15) is 0 Å². The maximum Gasteiger partial charge on any atom is 0.0583 e. The fraction of sp³-hybridized carbons (Fsp3) is 0.667. The zero-order chi connectivity index (χ0) is 13.9. The van der Waals surface area contributed by atoms with Gasteiger partial charge in [-0.25, -0.2) is 0 Å². The molecule has 0 amide bonds. The highest BCUT2D eigenvalue weighted by molar-refractivity contribution is 5.20. The van der Waals surface area contributed by atoms with Crippen molar-refractivity contribution in [1.29, 1.82) is 0 Å². The summed E-state index contributed by atoms with van der Waals surface area (Å²) in [5.74, 6) is 1.06. The van der Waals surface area contributed by atoms with Crippen molar-refractivity contribution in [3.8, 4) is 0 Å². The lowest BCUT2D eigenvalue weighted by atomic mass is 9.72. The van der Waals surface area contributed by atoms with Gasteiger partial charge in [-0.05, 0) is 50.5 Å². The SMILES string of the molecule is CC1CCCC(C2CC(c3ccccc3)CCC2O)N1. The first-order valence-electron chi connectivity index (χ1n) is 8.23. The van der Waals surface area contributed by atoms with Crippen LogP contribution in [0.4, 0.5) is 0 Å². The minimum atomic E-state index is -0.113. The van der Waals surface area contributed by atoms with Gasteiger partial charge in [-0.3, -0.25) is 0 Å². The molecule has 1 saturated heterocycles. The molecule has 1 aliphatic heterocycles. The van der Waals surface area contributed by atoms with E-state index in [0.717, 1.165) is 19.3 Å². The van der Waals surface area contributed by atoms with Crippen LogP contribution in [0.5, 0.6) is 0 Å². The summed E-state index contributed by atoms with van der Waals surface area (Å²) >= 11 is 0. The zero-order valence-corrected chi connectivity index (χ0v) is 12.5. The number of rotatable bonds is 2. The Kier molecular flexibility index (Phi) is 4.42. The van der Waals surface area contributed by atoms with E-state index in [-0.39, 0.29) is 6.10 Å². The summed E-state index contributed by atoms with van der Waals surface area (Å²) in [5, 5.41) is 14.2. The lowest BCUT2D eigenvalue weighted by Crippen LogP contribution is -2.50. The Morgan fingerprint density at radius 1 is 1.05 bits per heavy atom. The van der Waals surface area contributed by atoms with E-state index in [1.807, 2.05) is 0 Å². The van der Waals surface area contributed by atoms with Crippen molar-refractivity contribution in [1.82, 2.24) is 5.32 Å². The number of hydrogen-bond acceptors (Lipinski definition) is 2. The maximum absolute atomic E-state index is 10.4. The molecule has 2 fully saturated rings. The lowest BCUT2D eigenvalue weighted by Gasteiger charge is -2.42. The van der Waals surface area contributed by atoms with Gasteiger partial charge in [0, 0.05) is 18.0 Å². The molecule has 0 aromatic heterocycles. The van der Waals surface area contributed by atoms with E-state index in [4.69, 9.17) is 0 Å². The molecule has 2 aliphatic rings. The summed E-state index contributed by atoms with van der Waals surface area (Å²) in [6.07, 6.45) is 6.92. The van der Waals surface area contributed by atoms with E-state index < -0.39 is 0 Å². The summed E-state index contributed by atoms with van der Waals surface area (Å²) < 4.78 is 0. The predicted molar refractivity (Wildman–Crippen MR) is 82.8 cm³/mol. The van der Waals surface area contributed by atoms with Crippen LogP contribution in [0.25, 0.3) is 0 Å². The first-order chi connectivity index (χ1) is 9.74. The Balaban J connectivity index is 1.70. The number of nitrogens with one attached hydrogen (secondary N) is 1. The zero-order valence-electron chi connectivity index (χ0n) is 12.5. The standard InChI is InChI=1S/C18H27NO/c1-13-6-5-9-17(19-13)16-12-15(10-11-18(16)20)14-7-3-2-4-8-14/h2-4,7-8,13,15-20H,5-6,9-12H2,1H3. The van der Waals surface area contributed by atoms with Gasteiger partial charge in [0.1, 0.15) is 0 Å². The molecule has 2 heteroatoms. The summed E-state index contributed by atoms with van der Waals surface area (Å²) in [6.45, 7) is 2.27. The third-order valence-corrected chi connectivity index (χ3v) is 5.30. The molecule has 110 valence electrons. The molecular weight excluding hydrogens is 246 g/mol. The van der Waals surface area contributed by atoms with Gasteiger partial charge in [0.2, 0.25) is 0 Å². The Labute approximate surface area is 122 Å². The van der Waals surface area contributed by atoms with Crippen LogP contribution in [0.2, 0.25) is 0 Å². The van der Waals surface area contributed by atoms with Crippen molar-refractivity contribution >= 4 is 0 Å². The molecule has 5 atom stereocenters. The monoisotopic (exact) mass is 273 g/mol. The van der Waals surface area contributed by atoms with Gasteiger partial charge in [-0.15, -0.1) is 0 Å². The van der Waals surface area contributed by atoms with Crippen LogP contribution in [0.3, 0.4) is 0 Å². The van der Waals surface area contributed by atoms with Gasteiger partial charge in [-0.1, -0.05) is 36.8 Å². The van der Waals surface area contributed by atoms with E-state index in [0.29, 0.717) is 23.9 Å². The Hall–Kier alpha value is -0.860. The summed E-state index contributed by atoms with van der Waals surface area (Å²) in [4.78, 5) is 0. The molecular formula is C18H27NO. The average Bonchev–Trinajstić information content (AvgIpc) is 2.48. The van der Waals surface area contributed by atoms with Gasteiger partial charge >= 0.3 is 0 Å². The Bertz CT molecular complexity index is 419. The molecule has 0 radical (unpaired) electrons. The number of benzene rings is 1. The fourth-order valence-corrected chi connectivity index (χ4v) is 4.16. The van der Waals surface area contributed by atoms with Crippen molar-refractivity contribution in [2.24, 2.45) is 5.92 Å². The molecule has 2 N–H and O–H groups in total. The fourth-order valence-electron chi connectivity index (χ4n) is 4.16. The maximum atomic E-state index is 10.4. The average molecular weight is 273 g/mol. The normalized spacial score (nSPS) is 38.6. The molecule has 1 aromatic rings. The van der Waals surface area contributed by atoms with Gasteiger partial charge in [0.15, 0.2) is 0 Å². The Morgan fingerprint density at radius 3 is 2.60 bits per heavy atom. The van der Waals surface area contributed by atoms with Crippen LogP contribution in [0.15, 0.2) is 30.3 Å². The predicted octanol–water partition coefficient (Wildman–Crippen LogP) is 3.46. The summed E-state index contributed by atoms with van der Waals surface area (Å²) in [5.41, 5.74) is 1.45. The molecule has 20 heavy (non-hydrogen) atoms. The van der Waals surface area contributed by atoms with Crippen molar-refractivity contribution in [2.75, 3.05) is 0 Å². The molecule has 2 nitrogen and oxygen atoms in total. The molecule has 1 heterocycles. The van der Waals surface area contributed by atoms with Crippen molar-refractivity contribution in [3.05, 3.63) is 35.9 Å². The molecule has 1 aromatic carbocycles. The number of aliphatic hydroxyl groups excluding tert-OH is 1. The second-order valence-corrected chi connectivity index (χ2v) is 6.76. The third-order valence-electron chi connectivity index (χ3n) is 5.30. The quantitative estimate of drug-likeness (QED) is 0.865. The highest BCUT2D eigenvalue weighted by atomic mass is 16.3. The molecule has 0 spiro atoms. The number of hydrogen-bond donors (Lipinski definition) is 2. The minimum absolute atomic E-state index is 0.113. The van der Waals surface area contributed by atoms with Crippen LogP contribution in [-0.2, 0) is 0 Å². The van der Waals surface area contributed by atoms with E-state index in [1.54, 1.807) is 0 Å². The largest absolute Gasteiger partial charge is 0.393 e. The van der Waals surface area contributed by atoms with Crippen molar-refractivity contribution in [3.63, 3.8) is 0 Å². The summed E-state index contributed by atoms with van der Waals surface area (Å²) in [6, 6.07) is 12.0. The lowest BCUT2D eigenvalue weighted by molar-refractivity contribution is 0.0310. The third kappa shape index (κ3) is 3.07. The number of aliphatic hydroxyl groups is 1. The van der Waals surface area contributed by atoms with Gasteiger partial charge in [0.25, 0.3) is 0 Å². The van der Waals surface area contributed by atoms with E-state index in [9.17, 15) is 5.11 Å². The molecule has 1 aliphatic carbocycles. The van der Waals surface area contributed by atoms with E-state index in [2.05, 4.69) is 42.6 Å². The summed E-state index contributed by atoms with van der Waals surface area (Å²) in [7, 11) is 0. The molecule has 3 rings (SSSR count). The first-order valence-corrected chi connectivity index (χ1v) is 8.23. The Morgan fingerprint density at radius 2 is 1.85 bits per heavy atom.